The third-order valence-corrected chi connectivity index (χ3v) is 6.59. The molecule has 0 N–H and O–H groups in total. The molecule has 0 unspecified atom stereocenters. The van der Waals surface area contributed by atoms with Crippen molar-refractivity contribution in [2.24, 2.45) is 0 Å². The molecule has 0 aliphatic rings. The minimum absolute atomic E-state index is 0.00670. The second-order valence-corrected chi connectivity index (χ2v) is 10.5. The Morgan fingerprint density at radius 3 is 1.47 bits per heavy atom. The Labute approximate surface area is 225 Å². The van der Waals surface area contributed by atoms with E-state index in [1.807, 2.05) is 125 Å². The van der Waals surface area contributed by atoms with Crippen LogP contribution in [0.15, 0.2) is 109 Å². The lowest BCUT2D eigenvalue weighted by Crippen LogP contribution is -2.32. The molecule has 0 saturated carbocycles. The highest BCUT2D eigenvalue weighted by molar-refractivity contribution is 6.09. The summed E-state index contributed by atoms with van der Waals surface area (Å²) < 4.78 is 12.5. The minimum atomic E-state index is -0.524. The number of ketones is 2. The summed E-state index contributed by atoms with van der Waals surface area (Å²) in [4.78, 5) is 25.3. The van der Waals surface area contributed by atoms with Gasteiger partial charge in [-0.05, 0) is 57.5 Å². The molecule has 0 bridgehead atoms. The monoisotopic (exact) mass is 506 g/mol. The first kappa shape index (κ1) is 27.0. The quantitative estimate of drug-likeness (QED) is 0.196. The first-order valence-electron chi connectivity index (χ1n) is 12.9. The van der Waals surface area contributed by atoms with Crippen LogP contribution in [0.3, 0.4) is 0 Å². The topological polar surface area (TPSA) is 52.6 Å². The van der Waals surface area contributed by atoms with Gasteiger partial charge in [0.05, 0.1) is 12.2 Å². The van der Waals surface area contributed by atoms with Crippen molar-refractivity contribution in [3.05, 3.63) is 137 Å². The summed E-state index contributed by atoms with van der Waals surface area (Å²) in [6, 6.07) is 33.4. The van der Waals surface area contributed by atoms with Gasteiger partial charge < -0.3 is 9.47 Å². The zero-order chi connectivity index (χ0) is 27.2. The molecule has 4 aromatic rings. The fraction of sp³-hybridized carbons (Fsp3) is 0.235. The normalized spacial score (nSPS) is 11.7. The van der Waals surface area contributed by atoms with Crippen molar-refractivity contribution in [3.63, 3.8) is 0 Å². The van der Waals surface area contributed by atoms with Gasteiger partial charge in [-0.25, -0.2) is 0 Å². The molecule has 0 atom stereocenters. The van der Waals surface area contributed by atoms with Gasteiger partial charge in [0.2, 0.25) is 0 Å². The third kappa shape index (κ3) is 6.84. The zero-order valence-electron chi connectivity index (χ0n) is 22.4. The molecule has 4 rings (SSSR count). The average Bonchev–Trinajstić information content (AvgIpc) is 2.93. The van der Waals surface area contributed by atoms with Crippen molar-refractivity contribution in [1.29, 1.82) is 0 Å². The third-order valence-electron chi connectivity index (χ3n) is 6.59. The van der Waals surface area contributed by atoms with E-state index in [0.29, 0.717) is 41.0 Å². The van der Waals surface area contributed by atoms with Gasteiger partial charge in [0, 0.05) is 28.7 Å². The largest absolute Gasteiger partial charge is 0.488 e. The van der Waals surface area contributed by atoms with Crippen LogP contribution in [0.5, 0.6) is 5.75 Å². The van der Waals surface area contributed by atoms with Crippen LogP contribution in [0.4, 0.5) is 0 Å². The van der Waals surface area contributed by atoms with E-state index in [-0.39, 0.29) is 11.6 Å². The molecule has 38 heavy (non-hydrogen) atoms. The van der Waals surface area contributed by atoms with E-state index >= 15 is 0 Å². The number of hydrogen-bond acceptors (Lipinski definition) is 4. The van der Waals surface area contributed by atoms with Crippen molar-refractivity contribution < 1.29 is 19.1 Å². The van der Waals surface area contributed by atoms with Gasteiger partial charge in [0.15, 0.2) is 11.6 Å². The number of benzene rings is 4. The van der Waals surface area contributed by atoms with Gasteiger partial charge in [-0.15, -0.1) is 0 Å². The molecule has 0 fully saturated rings. The van der Waals surface area contributed by atoms with Gasteiger partial charge in [0.25, 0.3) is 0 Å². The second-order valence-electron chi connectivity index (χ2n) is 10.5. The summed E-state index contributed by atoms with van der Waals surface area (Å²) in [5, 5.41) is 0. The molecule has 0 radical (unpaired) electrons. The highest BCUT2D eigenvalue weighted by Crippen LogP contribution is 2.28. The summed E-state index contributed by atoms with van der Waals surface area (Å²) in [6.45, 7) is 8.59. The van der Waals surface area contributed by atoms with Crippen molar-refractivity contribution >= 4 is 11.6 Å². The number of ether oxygens (including phenoxy) is 2. The van der Waals surface area contributed by atoms with E-state index < -0.39 is 11.2 Å². The Hall–Kier alpha value is -4.02. The highest BCUT2D eigenvalue weighted by atomic mass is 16.5. The molecule has 4 aromatic carbocycles. The summed E-state index contributed by atoms with van der Waals surface area (Å²) in [5.41, 5.74) is 2.63. The summed E-state index contributed by atoms with van der Waals surface area (Å²) in [6.07, 6.45) is 0.672. The van der Waals surface area contributed by atoms with Crippen molar-refractivity contribution in [2.75, 3.05) is 6.61 Å². The number of carbonyl (C=O) groups excluding carboxylic acids is 2. The maximum absolute atomic E-state index is 12.7. The number of carbonyl (C=O) groups is 2. The van der Waals surface area contributed by atoms with Crippen LogP contribution < -0.4 is 4.74 Å². The number of rotatable bonds is 11. The Morgan fingerprint density at radius 2 is 1.00 bits per heavy atom. The van der Waals surface area contributed by atoms with Crippen molar-refractivity contribution in [3.8, 4) is 5.75 Å². The van der Waals surface area contributed by atoms with E-state index in [1.165, 1.54) is 0 Å². The van der Waals surface area contributed by atoms with Crippen LogP contribution in [0.1, 0.15) is 71.5 Å². The van der Waals surface area contributed by atoms with E-state index in [2.05, 4.69) is 0 Å². The predicted octanol–water partition coefficient (Wildman–Crippen LogP) is 7.65. The highest BCUT2D eigenvalue weighted by Gasteiger charge is 2.25. The SMILES string of the molecule is CC(C)(CCOC(C)(C)c1ccc(C(=O)c2ccccc2)cc1)Oc1ccc(C(=O)c2ccccc2)cc1. The molecule has 0 spiro atoms. The van der Waals surface area contributed by atoms with Crippen LogP contribution >= 0.6 is 0 Å². The van der Waals surface area contributed by atoms with Gasteiger partial charge in [-0.1, -0.05) is 84.9 Å². The first-order chi connectivity index (χ1) is 18.1. The first-order valence-corrected chi connectivity index (χ1v) is 12.9. The maximum Gasteiger partial charge on any atom is 0.193 e. The average molecular weight is 507 g/mol. The molecular weight excluding hydrogens is 472 g/mol. The summed E-state index contributed by atoms with van der Waals surface area (Å²) in [5.74, 6) is 0.703. The van der Waals surface area contributed by atoms with Crippen LogP contribution in [0.25, 0.3) is 0 Å². The lowest BCUT2D eigenvalue weighted by molar-refractivity contribution is -0.0443. The molecule has 0 aromatic heterocycles. The van der Waals surface area contributed by atoms with E-state index in [9.17, 15) is 9.59 Å². The van der Waals surface area contributed by atoms with Crippen LogP contribution in [-0.4, -0.2) is 23.8 Å². The lowest BCUT2D eigenvalue weighted by atomic mass is 9.94. The zero-order valence-corrected chi connectivity index (χ0v) is 22.4. The summed E-state index contributed by atoms with van der Waals surface area (Å²) >= 11 is 0. The van der Waals surface area contributed by atoms with Gasteiger partial charge >= 0.3 is 0 Å². The molecule has 0 aliphatic carbocycles. The molecule has 0 aliphatic heterocycles. The molecule has 4 heteroatoms. The molecule has 0 heterocycles. The Bertz CT molecular complexity index is 1350. The maximum atomic E-state index is 12.7. The molecular formula is C34H34O4. The molecule has 194 valence electrons. The Kier molecular flexibility index (Phi) is 8.23. The standard InChI is InChI=1S/C34H34O4/c1-33(2,38-30-21-17-28(18-22-30)32(36)26-13-9-6-10-14-26)23-24-37-34(3,4)29-19-15-27(16-20-29)31(35)25-11-7-5-8-12-25/h5-22H,23-24H2,1-4H3. The smallest absolute Gasteiger partial charge is 0.193 e. The van der Waals surface area contributed by atoms with Gasteiger partial charge in [0.1, 0.15) is 11.4 Å². The Balaban J connectivity index is 1.31. The summed E-state index contributed by atoms with van der Waals surface area (Å²) in [7, 11) is 0. The second kappa shape index (κ2) is 11.6. The van der Waals surface area contributed by atoms with E-state index in [1.54, 1.807) is 12.1 Å². The van der Waals surface area contributed by atoms with Crippen LogP contribution in [0, 0.1) is 0 Å². The minimum Gasteiger partial charge on any atom is -0.488 e. The van der Waals surface area contributed by atoms with Crippen LogP contribution in [-0.2, 0) is 10.3 Å². The van der Waals surface area contributed by atoms with Crippen molar-refractivity contribution in [2.45, 2.75) is 45.3 Å². The van der Waals surface area contributed by atoms with E-state index in [0.717, 1.165) is 5.56 Å². The Morgan fingerprint density at radius 1 is 0.579 bits per heavy atom. The fourth-order valence-corrected chi connectivity index (χ4v) is 4.22. The molecule has 0 saturated heterocycles. The van der Waals surface area contributed by atoms with Gasteiger partial charge in [-0.2, -0.15) is 0 Å². The molecule has 0 amide bonds. The van der Waals surface area contributed by atoms with Crippen LogP contribution in [0.2, 0.25) is 0 Å². The molecule has 4 nitrogen and oxygen atoms in total. The van der Waals surface area contributed by atoms with E-state index in [4.69, 9.17) is 9.47 Å². The van der Waals surface area contributed by atoms with Crippen molar-refractivity contribution in [1.82, 2.24) is 0 Å². The number of hydrogen-bond donors (Lipinski definition) is 0. The lowest BCUT2D eigenvalue weighted by Gasteiger charge is -2.30. The van der Waals surface area contributed by atoms with Gasteiger partial charge in [-0.3, -0.25) is 9.59 Å². The predicted molar refractivity (Wildman–Crippen MR) is 151 cm³/mol. The fourth-order valence-electron chi connectivity index (χ4n) is 4.22.